The van der Waals surface area contributed by atoms with Crippen molar-refractivity contribution in [2.75, 3.05) is 23.7 Å². The van der Waals surface area contributed by atoms with Crippen molar-refractivity contribution in [1.29, 1.82) is 5.26 Å². The first-order chi connectivity index (χ1) is 11.3. The number of hydrogen-bond donors (Lipinski definition) is 1. The summed E-state index contributed by atoms with van der Waals surface area (Å²) in [7, 11) is -0.263. The summed E-state index contributed by atoms with van der Waals surface area (Å²) in [4.78, 5) is 1.48. The minimum Gasteiger partial charge on any atom is -0.378 e. The number of sulfonamides is 1. The molecular weight excluding hydrogens is 329 g/mol. The summed E-state index contributed by atoms with van der Waals surface area (Å²) in [6, 6.07) is 13.6. The normalized spacial score (nSPS) is 11.7. The van der Waals surface area contributed by atoms with Crippen LogP contribution in [0.1, 0.15) is 5.56 Å². The van der Waals surface area contributed by atoms with Crippen molar-refractivity contribution in [2.45, 2.75) is 0 Å². The van der Waals surface area contributed by atoms with Crippen LogP contribution in [-0.2, 0) is 10.0 Å². The highest BCUT2D eigenvalue weighted by Gasteiger charge is 2.17. The van der Waals surface area contributed by atoms with Gasteiger partial charge in [0, 0.05) is 25.5 Å². The maximum Gasteiger partial charge on any atom is 0.272 e. The first-order valence-electron chi connectivity index (χ1n) is 6.99. The SMILES string of the molecule is CN(C)c1ccc(C=C(C#N)S(=O)(=O)Nc2ccc(F)cc2)cc1. The molecular formula is C17H16FN3O2S. The van der Waals surface area contributed by atoms with Crippen LogP contribution in [0.3, 0.4) is 0 Å². The lowest BCUT2D eigenvalue weighted by atomic mass is 10.2. The lowest BCUT2D eigenvalue weighted by Crippen LogP contribution is -2.14. The first kappa shape index (κ1) is 17.5. The molecule has 0 amide bonds. The van der Waals surface area contributed by atoms with E-state index in [2.05, 4.69) is 4.72 Å². The van der Waals surface area contributed by atoms with E-state index in [-0.39, 0.29) is 5.69 Å². The minimum atomic E-state index is -4.05. The third-order valence-electron chi connectivity index (χ3n) is 3.20. The van der Waals surface area contributed by atoms with E-state index in [1.54, 1.807) is 18.2 Å². The summed E-state index contributed by atoms with van der Waals surface area (Å²) in [6.45, 7) is 0. The van der Waals surface area contributed by atoms with Gasteiger partial charge >= 0.3 is 0 Å². The van der Waals surface area contributed by atoms with Crippen LogP contribution < -0.4 is 9.62 Å². The second kappa shape index (κ2) is 7.15. The molecule has 0 saturated heterocycles. The zero-order valence-corrected chi connectivity index (χ0v) is 14.0. The van der Waals surface area contributed by atoms with Crippen molar-refractivity contribution in [3.63, 3.8) is 0 Å². The molecule has 7 heteroatoms. The average Bonchev–Trinajstić information content (AvgIpc) is 2.54. The van der Waals surface area contributed by atoms with Crippen molar-refractivity contribution < 1.29 is 12.8 Å². The van der Waals surface area contributed by atoms with Gasteiger partial charge in [0.2, 0.25) is 0 Å². The topological polar surface area (TPSA) is 73.2 Å². The Morgan fingerprint density at radius 1 is 1.12 bits per heavy atom. The highest BCUT2D eigenvalue weighted by atomic mass is 32.2. The quantitative estimate of drug-likeness (QED) is 0.845. The van der Waals surface area contributed by atoms with E-state index in [0.717, 1.165) is 17.8 Å². The number of halogens is 1. The van der Waals surface area contributed by atoms with Gasteiger partial charge in [-0.15, -0.1) is 0 Å². The zero-order valence-electron chi connectivity index (χ0n) is 13.2. The molecule has 2 aromatic carbocycles. The number of anilines is 2. The Morgan fingerprint density at radius 2 is 1.71 bits per heavy atom. The summed E-state index contributed by atoms with van der Waals surface area (Å²) in [6.07, 6.45) is 1.28. The number of nitrogens with zero attached hydrogens (tertiary/aromatic N) is 2. The molecule has 0 aliphatic heterocycles. The maximum absolute atomic E-state index is 12.9. The number of rotatable bonds is 5. The number of benzene rings is 2. The summed E-state index contributed by atoms with van der Waals surface area (Å²) in [5.74, 6) is -0.477. The third-order valence-corrected chi connectivity index (χ3v) is 4.50. The summed E-state index contributed by atoms with van der Waals surface area (Å²) >= 11 is 0. The van der Waals surface area contributed by atoms with Gasteiger partial charge in [0.15, 0.2) is 4.91 Å². The molecule has 0 fully saturated rings. The van der Waals surface area contributed by atoms with Gasteiger partial charge in [-0.2, -0.15) is 5.26 Å². The number of nitrogens with one attached hydrogen (secondary N) is 1. The highest BCUT2D eigenvalue weighted by molar-refractivity contribution is 7.96. The number of allylic oxidation sites excluding steroid dienone is 1. The predicted octanol–water partition coefficient (Wildman–Crippen LogP) is 3.20. The molecule has 0 aliphatic carbocycles. The van der Waals surface area contributed by atoms with Crippen LogP contribution in [0, 0.1) is 17.1 Å². The van der Waals surface area contributed by atoms with E-state index in [0.29, 0.717) is 5.56 Å². The van der Waals surface area contributed by atoms with Gasteiger partial charge in [-0.1, -0.05) is 12.1 Å². The molecule has 0 radical (unpaired) electrons. The second-order valence-corrected chi connectivity index (χ2v) is 6.87. The standard InChI is InChI=1S/C17H16FN3O2S/c1-21(2)16-9-3-13(4-10-16)11-17(12-19)24(22,23)20-15-7-5-14(18)6-8-15/h3-11,20H,1-2H3. The summed E-state index contributed by atoms with van der Waals surface area (Å²) < 4.78 is 39.7. The van der Waals surface area contributed by atoms with Crippen LogP contribution in [0.5, 0.6) is 0 Å². The van der Waals surface area contributed by atoms with Crippen molar-refractivity contribution in [2.24, 2.45) is 0 Å². The molecule has 0 saturated carbocycles. The van der Waals surface area contributed by atoms with Crippen LogP contribution in [-0.4, -0.2) is 22.5 Å². The molecule has 0 bridgehead atoms. The van der Waals surface area contributed by atoms with Gasteiger partial charge < -0.3 is 4.90 Å². The molecule has 5 nitrogen and oxygen atoms in total. The Bertz CT molecular complexity index is 881. The van der Waals surface area contributed by atoms with Crippen LogP contribution in [0.15, 0.2) is 53.4 Å². The smallest absolute Gasteiger partial charge is 0.272 e. The van der Waals surface area contributed by atoms with Crippen LogP contribution in [0.4, 0.5) is 15.8 Å². The largest absolute Gasteiger partial charge is 0.378 e. The highest BCUT2D eigenvalue weighted by Crippen LogP contribution is 2.19. The molecule has 0 atom stereocenters. The summed E-state index contributed by atoms with van der Waals surface area (Å²) in [5, 5.41) is 9.18. The van der Waals surface area contributed by atoms with Crippen molar-refractivity contribution in [1.82, 2.24) is 0 Å². The van der Waals surface area contributed by atoms with Crippen molar-refractivity contribution in [3.05, 3.63) is 64.8 Å². The van der Waals surface area contributed by atoms with Gasteiger partial charge in [-0.3, -0.25) is 4.72 Å². The summed E-state index contributed by atoms with van der Waals surface area (Å²) in [5.41, 5.74) is 1.72. The first-order valence-corrected chi connectivity index (χ1v) is 8.48. The van der Waals surface area contributed by atoms with Crippen LogP contribution >= 0.6 is 0 Å². The third kappa shape index (κ3) is 4.33. The van der Waals surface area contributed by atoms with Crippen molar-refractivity contribution >= 4 is 27.5 Å². The van der Waals surface area contributed by atoms with Gasteiger partial charge in [-0.25, -0.2) is 12.8 Å². The fraction of sp³-hybridized carbons (Fsp3) is 0.118. The van der Waals surface area contributed by atoms with E-state index in [1.165, 1.54) is 18.2 Å². The molecule has 0 spiro atoms. The minimum absolute atomic E-state index is 0.181. The Hall–Kier alpha value is -2.85. The Balaban J connectivity index is 2.28. The van der Waals surface area contributed by atoms with E-state index in [1.807, 2.05) is 31.1 Å². The van der Waals surface area contributed by atoms with Crippen LogP contribution in [0.2, 0.25) is 0 Å². The maximum atomic E-state index is 12.9. The Morgan fingerprint density at radius 3 is 2.21 bits per heavy atom. The van der Waals surface area contributed by atoms with Gasteiger partial charge in [-0.05, 0) is 48.0 Å². The van der Waals surface area contributed by atoms with Gasteiger partial charge in [0.25, 0.3) is 10.0 Å². The lowest BCUT2D eigenvalue weighted by Gasteiger charge is -2.12. The Labute approximate surface area is 140 Å². The molecule has 1 N–H and O–H groups in total. The fourth-order valence-electron chi connectivity index (χ4n) is 1.92. The average molecular weight is 345 g/mol. The molecule has 0 unspecified atom stereocenters. The zero-order chi connectivity index (χ0) is 17.7. The number of nitriles is 1. The Kier molecular flexibility index (Phi) is 5.21. The molecule has 2 rings (SSSR count). The monoisotopic (exact) mass is 345 g/mol. The molecule has 124 valence electrons. The van der Waals surface area contributed by atoms with E-state index < -0.39 is 20.7 Å². The second-order valence-electron chi connectivity index (χ2n) is 5.22. The van der Waals surface area contributed by atoms with Crippen LogP contribution in [0.25, 0.3) is 6.08 Å². The van der Waals surface area contributed by atoms with Crippen molar-refractivity contribution in [3.8, 4) is 6.07 Å². The predicted molar refractivity (Wildman–Crippen MR) is 93.3 cm³/mol. The van der Waals surface area contributed by atoms with Gasteiger partial charge in [0.05, 0.1) is 0 Å². The van der Waals surface area contributed by atoms with E-state index in [9.17, 15) is 18.1 Å². The van der Waals surface area contributed by atoms with E-state index >= 15 is 0 Å². The molecule has 0 aliphatic rings. The number of hydrogen-bond acceptors (Lipinski definition) is 4. The lowest BCUT2D eigenvalue weighted by molar-refractivity contribution is 0.608. The van der Waals surface area contributed by atoms with Gasteiger partial charge in [0.1, 0.15) is 11.9 Å². The molecule has 2 aromatic rings. The fourth-order valence-corrected chi connectivity index (χ4v) is 2.89. The molecule has 0 aromatic heterocycles. The van der Waals surface area contributed by atoms with E-state index in [4.69, 9.17) is 0 Å². The molecule has 0 heterocycles. The molecule has 24 heavy (non-hydrogen) atoms.